The summed E-state index contributed by atoms with van der Waals surface area (Å²) in [6, 6.07) is 0. The molecule has 0 aliphatic rings. The van der Waals surface area contributed by atoms with Crippen molar-refractivity contribution < 1.29 is 36.3 Å². The lowest BCUT2D eigenvalue weighted by atomic mass is 9.89. The maximum absolute atomic E-state index is 3.90. The second kappa shape index (κ2) is 41.7. The third-order valence-corrected chi connectivity index (χ3v) is 9.35. The molecule has 0 aliphatic heterocycles. The van der Waals surface area contributed by atoms with Crippen molar-refractivity contribution in [3.63, 3.8) is 0 Å². The fourth-order valence-electron chi connectivity index (χ4n) is 6.26. The Kier molecular flexibility index (Phi) is 48.3. The average molecular weight is 696 g/mol. The Bertz CT molecular complexity index is 467. The number of hydrogen-bond donors (Lipinski definition) is 2. The molecule has 0 spiro atoms. The lowest BCUT2D eigenvalue weighted by Gasteiger charge is -2.17. The molecule has 0 aromatic carbocycles. The van der Waals surface area contributed by atoms with Gasteiger partial charge in [-0.1, -0.05) is 208 Å². The summed E-state index contributed by atoms with van der Waals surface area (Å²) in [7, 11) is 0. The Morgan fingerprint density at radius 1 is 0.239 bits per heavy atom. The molecule has 0 atom stereocenters. The molecule has 6 N–H and O–H groups in total. The molecule has 0 aliphatic carbocycles. The quantitative estimate of drug-likeness (QED) is 0.0710. The lowest BCUT2D eigenvalue weighted by Crippen LogP contribution is -3.00. The second-order valence-electron chi connectivity index (χ2n) is 16.9. The zero-order valence-corrected chi connectivity index (χ0v) is 34.7. The Morgan fingerprint density at radius 2 is 0.370 bits per heavy atom. The van der Waals surface area contributed by atoms with E-state index in [1.54, 1.807) is 0 Å². The van der Waals surface area contributed by atoms with Crippen LogP contribution in [0.4, 0.5) is 0 Å². The largest absolute Gasteiger partial charge is 1.00 e. The van der Waals surface area contributed by atoms with Crippen LogP contribution in [0.5, 0.6) is 0 Å². The van der Waals surface area contributed by atoms with Gasteiger partial charge < -0.3 is 36.3 Å². The minimum absolute atomic E-state index is 0. The number of quaternary nitrogens is 2. The summed E-state index contributed by atoms with van der Waals surface area (Å²) in [6.07, 6.45) is 46.2. The minimum atomic E-state index is 0. The van der Waals surface area contributed by atoms with E-state index in [4.69, 9.17) is 0 Å². The van der Waals surface area contributed by atoms with Crippen molar-refractivity contribution in [2.45, 2.75) is 247 Å². The molecular formula is C42H92Cl2N2. The molecule has 0 rings (SSSR count). The molecule has 2 nitrogen and oxygen atoms in total. The summed E-state index contributed by atoms with van der Waals surface area (Å²) in [5.74, 6) is 0. The van der Waals surface area contributed by atoms with Gasteiger partial charge in [0.25, 0.3) is 0 Å². The van der Waals surface area contributed by atoms with E-state index >= 15 is 0 Å². The predicted molar refractivity (Wildman–Crippen MR) is 202 cm³/mol. The number of unbranched alkanes of at least 4 members (excludes halogenated alkanes) is 28. The molecule has 0 saturated heterocycles. The van der Waals surface area contributed by atoms with E-state index in [0.29, 0.717) is 10.8 Å². The molecule has 0 radical (unpaired) electrons. The van der Waals surface area contributed by atoms with Crippen molar-refractivity contribution in [1.82, 2.24) is 0 Å². The highest BCUT2D eigenvalue weighted by atomic mass is 35.5. The molecule has 0 unspecified atom stereocenters. The zero-order valence-electron chi connectivity index (χ0n) is 33.2. The molecule has 0 fully saturated rings. The number of hydrogen-bond acceptors (Lipinski definition) is 0. The maximum atomic E-state index is 3.90. The van der Waals surface area contributed by atoms with Crippen LogP contribution in [0, 0.1) is 10.8 Å². The predicted octanol–water partition coefficient (Wildman–Crippen LogP) is 7.04. The van der Waals surface area contributed by atoms with E-state index in [9.17, 15) is 0 Å². The summed E-state index contributed by atoms with van der Waals surface area (Å²) in [5, 5.41) is 0. The van der Waals surface area contributed by atoms with Crippen LogP contribution in [-0.4, -0.2) is 13.1 Å². The minimum Gasteiger partial charge on any atom is -1.00 e. The Morgan fingerprint density at radius 3 is 0.500 bits per heavy atom. The number of rotatable bonds is 32. The van der Waals surface area contributed by atoms with Gasteiger partial charge in [-0.25, -0.2) is 0 Å². The van der Waals surface area contributed by atoms with Crippen LogP contribution >= 0.6 is 0 Å². The van der Waals surface area contributed by atoms with Gasteiger partial charge in [0.2, 0.25) is 0 Å². The van der Waals surface area contributed by atoms with E-state index in [1.165, 1.54) is 205 Å². The third kappa shape index (κ3) is 56.8. The smallest absolute Gasteiger partial charge is 0.0739 e. The maximum Gasteiger partial charge on any atom is 0.0739 e. The summed E-state index contributed by atoms with van der Waals surface area (Å²) in [4.78, 5) is 0. The fraction of sp³-hybridized carbons (Fsp3) is 1.00. The first-order valence-corrected chi connectivity index (χ1v) is 20.7. The van der Waals surface area contributed by atoms with Gasteiger partial charge in [-0.15, -0.1) is 0 Å². The number of halogens is 2. The van der Waals surface area contributed by atoms with Crippen molar-refractivity contribution in [2.24, 2.45) is 10.8 Å². The van der Waals surface area contributed by atoms with E-state index < -0.39 is 0 Å². The summed E-state index contributed by atoms with van der Waals surface area (Å²) >= 11 is 0. The van der Waals surface area contributed by atoms with E-state index in [-0.39, 0.29) is 24.8 Å². The van der Waals surface area contributed by atoms with Gasteiger partial charge >= 0.3 is 0 Å². The van der Waals surface area contributed by atoms with E-state index in [0.717, 1.165) is 13.1 Å². The topological polar surface area (TPSA) is 55.3 Å². The highest BCUT2D eigenvalue weighted by molar-refractivity contribution is 4.62. The Balaban J connectivity index is -0.000000367. The lowest BCUT2D eigenvalue weighted by molar-refractivity contribution is -0.368. The molecule has 46 heavy (non-hydrogen) atoms. The van der Waals surface area contributed by atoms with E-state index in [2.05, 4.69) is 53.0 Å². The third-order valence-electron chi connectivity index (χ3n) is 9.35. The molecule has 0 amide bonds. The first-order chi connectivity index (χ1) is 21.1. The van der Waals surface area contributed by atoms with E-state index in [1.807, 2.05) is 0 Å². The van der Waals surface area contributed by atoms with Crippen LogP contribution in [0.3, 0.4) is 0 Å². The summed E-state index contributed by atoms with van der Waals surface area (Å²) in [6.45, 7) is 16.4. The van der Waals surface area contributed by atoms with Crippen LogP contribution in [0.1, 0.15) is 247 Å². The normalized spacial score (nSPS) is 11.5. The molecule has 0 heterocycles. The van der Waals surface area contributed by atoms with Crippen molar-refractivity contribution in [1.29, 1.82) is 0 Å². The molecule has 4 heteroatoms. The van der Waals surface area contributed by atoms with Gasteiger partial charge in [-0.05, 0) is 49.4 Å². The fourth-order valence-corrected chi connectivity index (χ4v) is 6.26. The highest BCUT2D eigenvalue weighted by Gasteiger charge is 2.09. The molecule has 0 saturated carbocycles. The Hall–Kier alpha value is 0.500. The monoisotopic (exact) mass is 695 g/mol. The van der Waals surface area contributed by atoms with Gasteiger partial charge in [-0.3, -0.25) is 0 Å². The van der Waals surface area contributed by atoms with Crippen LogP contribution in [-0.2, 0) is 0 Å². The van der Waals surface area contributed by atoms with Crippen molar-refractivity contribution >= 4 is 0 Å². The van der Waals surface area contributed by atoms with Gasteiger partial charge in [-0.2, -0.15) is 0 Å². The summed E-state index contributed by atoms with van der Waals surface area (Å²) < 4.78 is 0. The molecule has 0 aromatic rings. The van der Waals surface area contributed by atoms with Crippen LogP contribution in [0.25, 0.3) is 0 Å². The molecule has 0 bridgehead atoms. The SMILES string of the molecule is CC(C)(C)CCCCCCCCCCCCCCCCC[NH3+].CC(C)(C)CCCCCCCCCCCCCCCCC[NH3+].[Cl-].[Cl-]. The van der Waals surface area contributed by atoms with Crippen molar-refractivity contribution in [3.05, 3.63) is 0 Å². The van der Waals surface area contributed by atoms with Crippen molar-refractivity contribution in [2.75, 3.05) is 13.1 Å². The van der Waals surface area contributed by atoms with Gasteiger partial charge in [0, 0.05) is 0 Å². The molecule has 0 aromatic heterocycles. The first-order valence-electron chi connectivity index (χ1n) is 20.7. The molecule has 284 valence electrons. The standard InChI is InChI=1S/2C21H45N.2ClH/c2*1-21(2,3)19-17-15-13-11-9-7-5-4-6-8-10-12-14-16-18-20-22;;/h2*4-20,22H2,1-3H3;2*1H. The average Bonchev–Trinajstić information content (AvgIpc) is 2.96. The Labute approximate surface area is 306 Å². The second-order valence-corrected chi connectivity index (χ2v) is 16.9. The van der Waals surface area contributed by atoms with Gasteiger partial charge in [0.05, 0.1) is 13.1 Å². The van der Waals surface area contributed by atoms with Gasteiger partial charge in [0.15, 0.2) is 0 Å². The zero-order chi connectivity index (χ0) is 33.0. The summed E-state index contributed by atoms with van der Waals surface area (Å²) in [5.41, 5.74) is 8.87. The first kappa shape index (κ1) is 53.3. The van der Waals surface area contributed by atoms with Crippen LogP contribution in [0.2, 0.25) is 0 Å². The van der Waals surface area contributed by atoms with Gasteiger partial charge in [0.1, 0.15) is 0 Å². The molecular weight excluding hydrogens is 603 g/mol. The van der Waals surface area contributed by atoms with Crippen LogP contribution < -0.4 is 36.3 Å². The highest BCUT2D eigenvalue weighted by Crippen LogP contribution is 2.24. The van der Waals surface area contributed by atoms with Crippen molar-refractivity contribution in [3.8, 4) is 0 Å². The van der Waals surface area contributed by atoms with Crippen LogP contribution in [0.15, 0.2) is 0 Å².